The number of nitrogens with two attached hydrogens (primary N) is 2. The first-order chi connectivity index (χ1) is 9.95. The van der Waals surface area contributed by atoms with Crippen LogP contribution in [-0.4, -0.2) is 14.4 Å². The molecule has 0 heterocycles. The van der Waals surface area contributed by atoms with E-state index in [2.05, 4.69) is 10.3 Å². The second-order valence-electron chi connectivity index (χ2n) is 4.38. The number of benzene rings is 2. The first-order valence-electron chi connectivity index (χ1n) is 6.19. The van der Waals surface area contributed by atoms with Crippen LogP contribution in [0.15, 0.2) is 64.5 Å². The van der Waals surface area contributed by atoms with Crippen molar-refractivity contribution in [2.24, 2.45) is 15.9 Å². The zero-order valence-corrected chi connectivity index (χ0v) is 14.8. The number of aliphatic imine (C=N–C) groups is 1. The summed E-state index contributed by atoms with van der Waals surface area (Å²) in [5.74, 6) is 0.252. The molecule has 0 aliphatic heterocycles. The predicted octanol–water partition coefficient (Wildman–Crippen LogP) is 1.88. The Morgan fingerprint density at radius 2 is 1.77 bits per heavy atom. The number of rotatable bonds is 4. The van der Waals surface area contributed by atoms with Crippen molar-refractivity contribution in [3.63, 3.8) is 0 Å². The van der Waals surface area contributed by atoms with Crippen molar-refractivity contribution in [1.82, 2.24) is 0 Å². The number of guanidine groups is 1. The minimum atomic E-state index is -3.71. The summed E-state index contributed by atoms with van der Waals surface area (Å²) >= 11 is 0. The van der Waals surface area contributed by atoms with E-state index in [-0.39, 0.29) is 41.4 Å². The van der Waals surface area contributed by atoms with Gasteiger partial charge >= 0.3 is 0 Å². The van der Waals surface area contributed by atoms with Crippen molar-refractivity contribution in [3.05, 3.63) is 60.2 Å². The van der Waals surface area contributed by atoms with Gasteiger partial charge in [-0.05, 0) is 29.8 Å². The maximum absolute atomic E-state index is 11.3. The SMILES string of the molecule is I.NC(=NCc1cccc(S(N)(=O)=O)c1)Nc1ccccc1. The molecule has 0 bridgehead atoms. The molecule has 0 aliphatic rings. The number of nitrogens with one attached hydrogen (secondary N) is 1. The monoisotopic (exact) mass is 432 g/mol. The van der Waals surface area contributed by atoms with Crippen LogP contribution in [0.3, 0.4) is 0 Å². The Morgan fingerprint density at radius 3 is 2.41 bits per heavy atom. The second kappa shape index (κ2) is 8.11. The number of primary sulfonamides is 1. The molecule has 2 aromatic carbocycles. The molecule has 0 amide bonds. The molecule has 0 unspecified atom stereocenters. The minimum Gasteiger partial charge on any atom is -0.370 e. The molecule has 0 atom stereocenters. The summed E-state index contributed by atoms with van der Waals surface area (Å²) < 4.78 is 22.5. The Labute approximate surface area is 146 Å². The van der Waals surface area contributed by atoms with E-state index in [0.29, 0.717) is 5.56 Å². The molecular formula is C14H17IN4O2S. The van der Waals surface area contributed by atoms with Gasteiger partial charge in [0.1, 0.15) is 0 Å². The smallest absolute Gasteiger partial charge is 0.238 e. The Balaban J connectivity index is 0.00000242. The summed E-state index contributed by atoms with van der Waals surface area (Å²) in [4.78, 5) is 4.22. The minimum absolute atomic E-state index is 0. The van der Waals surface area contributed by atoms with Gasteiger partial charge in [-0.25, -0.2) is 18.5 Å². The molecule has 8 heteroatoms. The lowest BCUT2D eigenvalue weighted by Gasteiger charge is -2.05. The van der Waals surface area contributed by atoms with Crippen molar-refractivity contribution in [2.45, 2.75) is 11.4 Å². The largest absolute Gasteiger partial charge is 0.370 e. The average molecular weight is 432 g/mol. The Hall–Kier alpha value is -1.65. The lowest BCUT2D eigenvalue weighted by Crippen LogP contribution is -2.22. The van der Waals surface area contributed by atoms with Gasteiger partial charge in [-0.1, -0.05) is 30.3 Å². The molecule has 0 fully saturated rings. The predicted molar refractivity (Wildman–Crippen MR) is 98.6 cm³/mol. The van der Waals surface area contributed by atoms with Gasteiger partial charge < -0.3 is 11.1 Å². The third-order valence-electron chi connectivity index (χ3n) is 2.71. The van der Waals surface area contributed by atoms with Gasteiger partial charge in [0.15, 0.2) is 5.96 Å². The van der Waals surface area contributed by atoms with Crippen LogP contribution in [-0.2, 0) is 16.6 Å². The summed E-state index contributed by atoms with van der Waals surface area (Å²) in [5.41, 5.74) is 7.31. The van der Waals surface area contributed by atoms with Crippen molar-refractivity contribution in [2.75, 3.05) is 5.32 Å². The molecule has 22 heavy (non-hydrogen) atoms. The Morgan fingerprint density at radius 1 is 1.09 bits per heavy atom. The van der Waals surface area contributed by atoms with Crippen LogP contribution in [0.5, 0.6) is 0 Å². The highest BCUT2D eigenvalue weighted by molar-refractivity contribution is 14.0. The highest BCUT2D eigenvalue weighted by atomic mass is 127. The van der Waals surface area contributed by atoms with Crippen molar-refractivity contribution in [3.8, 4) is 0 Å². The van der Waals surface area contributed by atoms with Crippen LogP contribution < -0.4 is 16.2 Å². The topological polar surface area (TPSA) is 111 Å². The zero-order valence-electron chi connectivity index (χ0n) is 11.6. The van der Waals surface area contributed by atoms with E-state index in [1.807, 2.05) is 30.3 Å². The molecule has 2 aromatic rings. The fourth-order valence-corrected chi connectivity index (χ4v) is 2.29. The van der Waals surface area contributed by atoms with Crippen LogP contribution >= 0.6 is 24.0 Å². The molecule has 5 N–H and O–H groups in total. The van der Waals surface area contributed by atoms with Gasteiger partial charge in [0.2, 0.25) is 10.0 Å². The summed E-state index contributed by atoms with van der Waals surface area (Å²) in [6.07, 6.45) is 0. The van der Waals surface area contributed by atoms with Gasteiger partial charge in [0.25, 0.3) is 0 Å². The fraction of sp³-hybridized carbons (Fsp3) is 0.0714. The number of nitrogens with zero attached hydrogens (tertiary/aromatic N) is 1. The molecule has 0 aromatic heterocycles. The van der Waals surface area contributed by atoms with Crippen molar-refractivity contribution < 1.29 is 8.42 Å². The van der Waals surface area contributed by atoms with E-state index in [1.165, 1.54) is 12.1 Å². The lowest BCUT2D eigenvalue weighted by atomic mass is 10.2. The zero-order chi connectivity index (χ0) is 15.3. The molecule has 6 nitrogen and oxygen atoms in total. The summed E-state index contributed by atoms with van der Waals surface area (Å²) in [6.45, 7) is 0.259. The van der Waals surface area contributed by atoms with E-state index < -0.39 is 10.0 Å². The van der Waals surface area contributed by atoms with Gasteiger partial charge in [0.05, 0.1) is 11.4 Å². The van der Waals surface area contributed by atoms with Crippen LogP contribution in [0.1, 0.15) is 5.56 Å². The van der Waals surface area contributed by atoms with Gasteiger partial charge in [0, 0.05) is 5.69 Å². The van der Waals surface area contributed by atoms with Crippen LogP contribution in [0.4, 0.5) is 5.69 Å². The molecule has 0 aliphatic carbocycles. The first-order valence-corrected chi connectivity index (χ1v) is 7.73. The molecule has 118 valence electrons. The molecular weight excluding hydrogens is 415 g/mol. The number of hydrogen-bond acceptors (Lipinski definition) is 3. The molecule has 0 saturated carbocycles. The summed E-state index contributed by atoms with van der Waals surface area (Å²) in [7, 11) is -3.71. The number of hydrogen-bond donors (Lipinski definition) is 3. The molecule has 0 spiro atoms. The lowest BCUT2D eigenvalue weighted by molar-refractivity contribution is 0.597. The normalized spacial score (nSPS) is 11.6. The second-order valence-corrected chi connectivity index (χ2v) is 5.95. The summed E-state index contributed by atoms with van der Waals surface area (Å²) in [6, 6.07) is 15.7. The first kappa shape index (κ1) is 18.4. The number of sulfonamides is 1. The summed E-state index contributed by atoms with van der Waals surface area (Å²) in [5, 5.41) is 8.02. The highest BCUT2D eigenvalue weighted by Crippen LogP contribution is 2.11. The molecule has 0 saturated heterocycles. The van der Waals surface area contributed by atoms with E-state index in [4.69, 9.17) is 10.9 Å². The third kappa shape index (κ3) is 5.62. The van der Waals surface area contributed by atoms with Crippen molar-refractivity contribution >= 4 is 45.6 Å². The van der Waals surface area contributed by atoms with E-state index >= 15 is 0 Å². The van der Waals surface area contributed by atoms with Crippen molar-refractivity contribution in [1.29, 1.82) is 0 Å². The van der Waals surface area contributed by atoms with E-state index in [1.54, 1.807) is 12.1 Å². The van der Waals surface area contributed by atoms with Crippen LogP contribution in [0.25, 0.3) is 0 Å². The van der Waals surface area contributed by atoms with Crippen LogP contribution in [0.2, 0.25) is 0 Å². The number of halogens is 1. The van der Waals surface area contributed by atoms with E-state index in [0.717, 1.165) is 5.69 Å². The average Bonchev–Trinajstić information content (AvgIpc) is 2.46. The number of anilines is 1. The molecule has 2 rings (SSSR count). The highest BCUT2D eigenvalue weighted by Gasteiger charge is 2.07. The quantitative estimate of drug-likeness (QED) is 0.389. The standard InChI is InChI=1S/C14H16N4O2S.HI/c15-14(18-12-6-2-1-3-7-12)17-10-11-5-4-8-13(9-11)21(16,19)20;/h1-9H,10H2,(H3,15,17,18)(H2,16,19,20);1H. The number of para-hydroxylation sites is 1. The van der Waals surface area contributed by atoms with Gasteiger partial charge in [-0.2, -0.15) is 0 Å². The maximum atomic E-state index is 11.3. The maximum Gasteiger partial charge on any atom is 0.238 e. The Bertz CT molecular complexity index is 748. The van der Waals surface area contributed by atoms with E-state index in [9.17, 15) is 8.42 Å². The third-order valence-corrected chi connectivity index (χ3v) is 3.62. The van der Waals surface area contributed by atoms with Crippen LogP contribution in [0, 0.1) is 0 Å². The molecule has 0 radical (unpaired) electrons. The fourth-order valence-electron chi connectivity index (χ4n) is 1.71. The van der Waals surface area contributed by atoms with Gasteiger partial charge in [-0.15, -0.1) is 24.0 Å². The van der Waals surface area contributed by atoms with Gasteiger partial charge in [-0.3, -0.25) is 0 Å². The Kier molecular flexibility index (Phi) is 6.78.